The summed E-state index contributed by atoms with van der Waals surface area (Å²) in [7, 11) is 0. The Kier molecular flexibility index (Phi) is 5.68. The minimum absolute atomic E-state index is 0.0154. The largest absolute Gasteiger partial charge is 0.481 e. The van der Waals surface area contributed by atoms with Crippen LogP contribution in [-0.2, 0) is 16.1 Å². The number of fused-ring (bicyclic) bond motifs is 1. The lowest BCUT2D eigenvalue weighted by Gasteiger charge is -2.24. The second kappa shape index (κ2) is 7.98. The van der Waals surface area contributed by atoms with Crippen LogP contribution in [0.5, 0.6) is 0 Å². The Hall–Kier alpha value is -2.57. The van der Waals surface area contributed by atoms with E-state index in [0.717, 1.165) is 18.4 Å². The number of carboxylic acid groups (broad SMARTS) is 1. The van der Waals surface area contributed by atoms with Crippen LogP contribution < -0.4 is 5.32 Å². The van der Waals surface area contributed by atoms with Gasteiger partial charge in [0, 0.05) is 26.2 Å². The SMILES string of the molecule is CCN(Cc1ccccc1)C(=O)CNC(=O)N1C[C@@H]2CCC[C@@]2(C(=O)O)C1. The van der Waals surface area contributed by atoms with Gasteiger partial charge >= 0.3 is 12.0 Å². The van der Waals surface area contributed by atoms with E-state index in [1.165, 1.54) is 0 Å². The Morgan fingerprint density at radius 2 is 2.04 bits per heavy atom. The molecule has 1 heterocycles. The van der Waals surface area contributed by atoms with E-state index in [2.05, 4.69) is 5.32 Å². The number of nitrogens with one attached hydrogen (secondary N) is 1. The highest BCUT2D eigenvalue weighted by atomic mass is 16.4. The van der Waals surface area contributed by atoms with Crippen LogP contribution >= 0.6 is 0 Å². The summed E-state index contributed by atoms with van der Waals surface area (Å²) >= 11 is 0. The maximum atomic E-state index is 12.5. The molecule has 2 aliphatic rings. The summed E-state index contributed by atoms with van der Waals surface area (Å²) in [6.45, 7) is 3.56. The Morgan fingerprint density at radius 1 is 1.30 bits per heavy atom. The van der Waals surface area contributed by atoms with Crippen LogP contribution in [0.25, 0.3) is 0 Å². The number of nitrogens with zero attached hydrogens (tertiary/aromatic N) is 2. The van der Waals surface area contributed by atoms with Crippen LogP contribution in [-0.4, -0.2) is 59.0 Å². The molecule has 3 rings (SSSR count). The first kappa shape index (κ1) is 19.2. The lowest BCUT2D eigenvalue weighted by molar-refractivity contribution is -0.149. The van der Waals surface area contributed by atoms with Gasteiger partial charge in [-0.25, -0.2) is 4.79 Å². The number of aliphatic carboxylic acids is 1. The number of likely N-dealkylation sites (N-methyl/N-ethyl adjacent to an activating group) is 1. The van der Waals surface area contributed by atoms with Gasteiger partial charge in [-0.05, 0) is 31.2 Å². The molecule has 1 saturated heterocycles. The maximum absolute atomic E-state index is 12.5. The van der Waals surface area contributed by atoms with Crippen molar-refractivity contribution in [3.8, 4) is 0 Å². The van der Waals surface area contributed by atoms with Crippen molar-refractivity contribution in [1.29, 1.82) is 0 Å². The third-order valence-electron chi connectivity index (χ3n) is 5.93. The summed E-state index contributed by atoms with van der Waals surface area (Å²) in [5.74, 6) is -0.944. The molecule has 2 atom stereocenters. The number of rotatable bonds is 6. The monoisotopic (exact) mass is 373 g/mol. The van der Waals surface area contributed by atoms with Crippen LogP contribution in [0.4, 0.5) is 4.79 Å². The molecular formula is C20H27N3O4. The topological polar surface area (TPSA) is 90.0 Å². The molecule has 7 heteroatoms. The Balaban J connectivity index is 1.53. The molecule has 2 fully saturated rings. The van der Waals surface area contributed by atoms with Gasteiger partial charge < -0.3 is 20.2 Å². The predicted octanol–water partition coefficient (Wildman–Crippen LogP) is 1.93. The van der Waals surface area contributed by atoms with Gasteiger partial charge in [0.25, 0.3) is 0 Å². The van der Waals surface area contributed by atoms with Crippen LogP contribution in [0.3, 0.4) is 0 Å². The van der Waals surface area contributed by atoms with E-state index in [1.54, 1.807) is 9.80 Å². The third kappa shape index (κ3) is 3.91. The highest BCUT2D eigenvalue weighted by Crippen LogP contribution is 2.48. The lowest BCUT2D eigenvalue weighted by Crippen LogP contribution is -2.46. The molecule has 1 aliphatic heterocycles. The zero-order valence-corrected chi connectivity index (χ0v) is 15.7. The minimum atomic E-state index is -0.809. The number of hydrogen-bond donors (Lipinski definition) is 2. The summed E-state index contributed by atoms with van der Waals surface area (Å²) in [6, 6.07) is 9.35. The first-order valence-corrected chi connectivity index (χ1v) is 9.54. The molecule has 146 valence electrons. The van der Waals surface area contributed by atoms with Gasteiger partial charge in [0.1, 0.15) is 0 Å². The number of hydrogen-bond acceptors (Lipinski definition) is 3. The molecule has 0 aromatic heterocycles. The molecule has 0 radical (unpaired) electrons. The number of likely N-dealkylation sites (tertiary alicyclic amines) is 1. The van der Waals surface area contributed by atoms with Crippen molar-refractivity contribution < 1.29 is 19.5 Å². The summed E-state index contributed by atoms with van der Waals surface area (Å²) in [5, 5.41) is 12.3. The highest BCUT2D eigenvalue weighted by Gasteiger charge is 2.55. The molecule has 2 N–H and O–H groups in total. The molecule has 1 aromatic rings. The molecule has 0 bridgehead atoms. The molecule has 1 aliphatic carbocycles. The fourth-order valence-electron chi connectivity index (χ4n) is 4.35. The second-order valence-electron chi connectivity index (χ2n) is 7.48. The maximum Gasteiger partial charge on any atom is 0.317 e. The van der Waals surface area contributed by atoms with Crippen LogP contribution in [0.2, 0.25) is 0 Å². The van der Waals surface area contributed by atoms with Crippen LogP contribution in [0.15, 0.2) is 30.3 Å². The number of carbonyl (C=O) groups excluding carboxylic acids is 2. The molecule has 0 spiro atoms. The van der Waals surface area contributed by atoms with Crippen molar-refractivity contribution in [1.82, 2.24) is 15.1 Å². The lowest BCUT2D eigenvalue weighted by atomic mass is 9.81. The number of urea groups is 1. The number of carbonyl (C=O) groups is 3. The Bertz CT molecular complexity index is 708. The molecule has 0 unspecified atom stereocenters. The normalized spacial score (nSPS) is 23.7. The van der Waals surface area contributed by atoms with E-state index < -0.39 is 11.4 Å². The van der Waals surface area contributed by atoms with E-state index in [0.29, 0.717) is 26.1 Å². The summed E-state index contributed by atoms with van der Waals surface area (Å²) < 4.78 is 0. The van der Waals surface area contributed by atoms with Crippen molar-refractivity contribution in [2.75, 3.05) is 26.2 Å². The van der Waals surface area contributed by atoms with E-state index in [4.69, 9.17) is 0 Å². The second-order valence-corrected chi connectivity index (χ2v) is 7.48. The van der Waals surface area contributed by atoms with Gasteiger partial charge in [0.2, 0.25) is 5.91 Å². The molecule has 1 saturated carbocycles. The van der Waals surface area contributed by atoms with E-state index in [1.807, 2.05) is 37.3 Å². The van der Waals surface area contributed by atoms with E-state index in [9.17, 15) is 19.5 Å². The van der Waals surface area contributed by atoms with Crippen molar-refractivity contribution >= 4 is 17.9 Å². The minimum Gasteiger partial charge on any atom is -0.481 e. The quantitative estimate of drug-likeness (QED) is 0.797. The van der Waals surface area contributed by atoms with E-state index >= 15 is 0 Å². The van der Waals surface area contributed by atoms with Gasteiger partial charge in [0.05, 0.1) is 12.0 Å². The Morgan fingerprint density at radius 3 is 2.67 bits per heavy atom. The molecule has 7 nitrogen and oxygen atoms in total. The fraction of sp³-hybridized carbons (Fsp3) is 0.550. The van der Waals surface area contributed by atoms with Gasteiger partial charge in [-0.15, -0.1) is 0 Å². The first-order chi connectivity index (χ1) is 13.0. The molecule has 3 amide bonds. The average molecular weight is 373 g/mol. The van der Waals surface area contributed by atoms with Crippen molar-refractivity contribution in [3.63, 3.8) is 0 Å². The van der Waals surface area contributed by atoms with Gasteiger partial charge in [-0.3, -0.25) is 9.59 Å². The van der Waals surface area contributed by atoms with Crippen LogP contribution in [0.1, 0.15) is 31.7 Å². The number of amides is 3. The Labute approximate surface area is 159 Å². The van der Waals surface area contributed by atoms with Crippen molar-refractivity contribution in [2.24, 2.45) is 11.3 Å². The standard InChI is InChI=1S/C20H27N3O4/c1-2-22(12-15-7-4-3-5-8-15)17(24)11-21-19(27)23-13-16-9-6-10-20(16,14-23)18(25)26/h3-5,7-8,16H,2,6,9-14H2,1H3,(H,21,27)(H,25,26)/t16-,20+/m0/s1. The van der Waals surface area contributed by atoms with Crippen molar-refractivity contribution in [2.45, 2.75) is 32.7 Å². The summed E-state index contributed by atoms with van der Waals surface area (Å²) in [6.07, 6.45) is 2.36. The average Bonchev–Trinajstić information content (AvgIpc) is 3.23. The molecule has 27 heavy (non-hydrogen) atoms. The summed E-state index contributed by atoms with van der Waals surface area (Å²) in [4.78, 5) is 39.9. The highest BCUT2D eigenvalue weighted by molar-refractivity contribution is 5.85. The third-order valence-corrected chi connectivity index (χ3v) is 5.93. The summed E-state index contributed by atoms with van der Waals surface area (Å²) in [5.41, 5.74) is 0.235. The van der Waals surface area contributed by atoms with Gasteiger partial charge in [0.15, 0.2) is 0 Å². The van der Waals surface area contributed by atoms with Gasteiger partial charge in [-0.2, -0.15) is 0 Å². The molecular weight excluding hydrogens is 346 g/mol. The predicted molar refractivity (Wildman–Crippen MR) is 99.9 cm³/mol. The fourth-order valence-corrected chi connectivity index (χ4v) is 4.35. The van der Waals surface area contributed by atoms with Crippen LogP contribution in [0, 0.1) is 11.3 Å². The number of benzene rings is 1. The number of carboxylic acids is 1. The first-order valence-electron chi connectivity index (χ1n) is 9.54. The smallest absolute Gasteiger partial charge is 0.317 e. The zero-order valence-electron chi connectivity index (χ0n) is 15.7. The van der Waals surface area contributed by atoms with Gasteiger partial charge in [-0.1, -0.05) is 36.8 Å². The van der Waals surface area contributed by atoms with E-state index in [-0.39, 0.29) is 30.9 Å². The zero-order chi connectivity index (χ0) is 19.4. The van der Waals surface area contributed by atoms with Crippen molar-refractivity contribution in [3.05, 3.63) is 35.9 Å². The molecule has 1 aromatic carbocycles.